The van der Waals surface area contributed by atoms with Crippen molar-refractivity contribution >= 4 is 24.4 Å². The Balaban J connectivity index is 2.65. The molecule has 1 aliphatic heterocycles. The number of hydrogen-bond donors (Lipinski definition) is 3. The first-order valence-electron chi connectivity index (χ1n) is 2.56. The van der Waals surface area contributed by atoms with E-state index >= 15 is 0 Å². The van der Waals surface area contributed by atoms with Gasteiger partial charge in [0.05, 0.1) is 6.54 Å². The molecule has 0 bridgehead atoms. The van der Waals surface area contributed by atoms with E-state index in [0.29, 0.717) is 0 Å². The molecule has 0 aromatic heterocycles. The lowest BCUT2D eigenvalue weighted by Gasteiger charge is -2.37. The second-order valence-electron chi connectivity index (χ2n) is 2.04. The molecule has 10 heavy (non-hydrogen) atoms. The molecule has 0 unspecified atom stereocenters. The van der Waals surface area contributed by atoms with Crippen LogP contribution in [0.15, 0.2) is 0 Å². The van der Waals surface area contributed by atoms with E-state index in [0.717, 1.165) is 4.67 Å². The van der Waals surface area contributed by atoms with Crippen LogP contribution in [0, 0.1) is 0 Å². The molecule has 7 heteroatoms. The minimum Gasteiger partial charge on any atom is -0.329 e. The molecule has 58 valence electrons. The van der Waals surface area contributed by atoms with Crippen molar-refractivity contribution < 1.29 is 14.6 Å². The topological polar surface area (TPSA) is 86.8 Å². The summed E-state index contributed by atoms with van der Waals surface area (Å²) in [6.07, 6.45) is 0. The van der Waals surface area contributed by atoms with Crippen LogP contribution in [0.25, 0.3) is 0 Å². The number of hydrogen-bond acceptors (Lipinski definition) is 3. The highest BCUT2D eigenvalue weighted by Gasteiger charge is 2.40. The minimum absolute atomic E-state index is 0.156. The van der Waals surface area contributed by atoms with Crippen LogP contribution in [-0.4, -0.2) is 33.0 Å². The summed E-state index contributed by atoms with van der Waals surface area (Å²) < 4.78 is 0.826. The highest BCUT2D eigenvalue weighted by molar-refractivity contribution is 8.08. The van der Waals surface area contributed by atoms with Crippen molar-refractivity contribution in [2.75, 3.05) is 6.54 Å². The summed E-state index contributed by atoms with van der Waals surface area (Å²) in [6.45, 7) is -3.37. The lowest BCUT2D eigenvalue weighted by Crippen LogP contribution is -2.58. The predicted molar refractivity (Wildman–Crippen MR) is 38.4 cm³/mol. The van der Waals surface area contributed by atoms with Crippen LogP contribution in [0.1, 0.15) is 0 Å². The van der Waals surface area contributed by atoms with Crippen molar-refractivity contribution in [3.63, 3.8) is 0 Å². The van der Waals surface area contributed by atoms with Crippen LogP contribution < -0.4 is 5.73 Å². The fourth-order valence-corrected chi connectivity index (χ4v) is 1.90. The first-order chi connectivity index (χ1) is 4.43. The SMILES string of the molecule is N[C@H]1CN(P(O)(O)=S)C1=O. The van der Waals surface area contributed by atoms with E-state index in [4.69, 9.17) is 15.5 Å². The Morgan fingerprint density at radius 3 is 2.40 bits per heavy atom. The molecule has 4 N–H and O–H groups in total. The van der Waals surface area contributed by atoms with Gasteiger partial charge in [-0.15, -0.1) is 0 Å². The molecule has 0 aromatic rings. The standard InChI is InChI=1S/C3H7N2O3PS/c4-2-1-5(3(2)6)9(7,8)10/h2H,1,4H2,(H2,7,8,10)/t2-/m0/s1. The van der Waals surface area contributed by atoms with E-state index in [1.807, 2.05) is 0 Å². The zero-order valence-corrected chi connectivity index (χ0v) is 6.68. The number of carbonyl (C=O) groups is 1. The van der Waals surface area contributed by atoms with Crippen molar-refractivity contribution in [2.24, 2.45) is 5.73 Å². The van der Waals surface area contributed by atoms with Gasteiger partial charge in [0.15, 0.2) is 0 Å². The Kier molecular flexibility index (Phi) is 1.82. The van der Waals surface area contributed by atoms with Gasteiger partial charge < -0.3 is 15.5 Å². The van der Waals surface area contributed by atoms with Gasteiger partial charge in [-0.2, -0.15) is 0 Å². The molecule has 0 aromatic carbocycles. The number of carbonyl (C=O) groups excluding carboxylic acids is 1. The van der Waals surface area contributed by atoms with Crippen LogP contribution in [0.4, 0.5) is 0 Å². The van der Waals surface area contributed by atoms with Gasteiger partial charge in [-0.3, -0.25) is 9.46 Å². The summed E-state index contributed by atoms with van der Waals surface area (Å²) in [5, 5.41) is 0. The maximum absolute atomic E-state index is 10.7. The molecule has 1 heterocycles. The Bertz CT molecular complexity index is 214. The normalized spacial score (nSPS) is 26.5. The summed E-state index contributed by atoms with van der Waals surface area (Å²) in [7, 11) is 0. The summed E-state index contributed by atoms with van der Waals surface area (Å²) in [5.41, 5.74) is 5.17. The van der Waals surface area contributed by atoms with Crippen molar-refractivity contribution in [1.82, 2.24) is 4.67 Å². The molecule has 0 aliphatic carbocycles. The van der Waals surface area contributed by atoms with Gasteiger partial charge in [-0.25, -0.2) is 0 Å². The first-order valence-corrected chi connectivity index (χ1v) is 5.22. The van der Waals surface area contributed by atoms with Crippen molar-refractivity contribution in [3.8, 4) is 0 Å². The van der Waals surface area contributed by atoms with Crippen molar-refractivity contribution in [3.05, 3.63) is 0 Å². The fourth-order valence-electron chi connectivity index (χ4n) is 0.668. The Morgan fingerprint density at radius 2 is 2.30 bits per heavy atom. The van der Waals surface area contributed by atoms with Gasteiger partial charge in [0.2, 0.25) is 5.91 Å². The predicted octanol–water partition coefficient (Wildman–Crippen LogP) is -1.64. The molecule has 5 nitrogen and oxygen atoms in total. The van der Waals surface area contributed by atoms with Crippen LogP contribution >= 0.6 is 6.64 Å². The molecule has 0 radical (unpaired) electrons. The minimum atomic E-state index is -3.53. The third-order valence-corrected chi connectivity index (χ3v) is 2.84. The molecule has 1 fully saturated rings. The number of β-lactam (4-membered cyclic amide) rings is 1. The molecule has 1 aliphatic rings. The highest BCUT2D eigenvalue weighted by atomic mass is 32.5. The van der Waals surface area contributed by atoms with Crippen molar-refractivity contribution in [1.29, 1.82) is 0 Å². The van der Waals surface area contributed by atoms with E-state index < -0.39 is 18.6 Å². The van der Waals surface area contributed by atoms with E-state index in [-0.39, 0.29) is 6.54 Å². The van der Waals surface area contributed by atoms with Crippen molar-refractivity contribution in [2.45, 2.75) is 6.04 Å². The largest absolute Gasteiger partial charge is 0.329 e. The monoisotopic (exact) mass is 182 g/mol. The average molecular weight is 182 g/mol. The van der Waals surface area contributed by atoms with Gasteiger partial charge in [-0.05, 0) is 11.8 Å². The van der Waals surface area contributed by atoms with E-state index in [1.54, 1.807) is 0 Å². The van der Waals surface area contributed by atoms with Gasteiger partial charge in [0, 0.05) is 0 Å². The number of nitrogens with zero attached hydrogens (tertiary/aromatic N) is 1. The van der Waals surface area contributed by atoms with Gasteiger partial charge in [-0.1, -0.05) is 0 Å². The van der Waals surface area contributed by atoms with Crippen LogP contribution in [-0.2, 0) is 16.6 Å². The lowest BCUT2D eigenvalue weighted by atomic mass is 10.2. The first kappa shape index (κ1) is 8.10. The van der Waals surface area contributed by atoms with E-state index in [2.05, 4.69) is 11.8 Å². The lowest BCUT2D eigenvalue weighted by molar-refractivity contribution is -0.136. The number of rotatable bonds is 1. The molecular formula is C3H7N2O3PS. The smallest absolute Gasteiger partial charge is 0.287 e. The van der Waals surface area contributed by atoms with Crippen LogP contribution in [0.5, 0.6) is 0 Å². The molecule has 1 atom stereocenters. The summed E-state index contributed by atoms with van der Waals surface area (Å²) in [4.78, 5) is 28.2. The molecule has 0 spiro atoms. The summed E-state index contributed by atoms with van der Waals surface area (Å²) in [5.74, 6) is -0.478. The summed E-state index contributed by atoms with van der Waals surface area (Å²) >= 11 is 4.26. The van der Waals surface area contributed by atoms with Crippen LogP contribution in [0.2, 0.25) is 0 Å². The molecular weight excluding hydrogens is 175 g/mol. The maximum Gasteiger partial charge on any atom is 0.287 e. The third kappa shape index (κ3) is 1.21. The molecule has 1 amide bonds. The Morgan fingerprint density at radius 1 is 1.80 bits per heavy atom. The zero-order valence-electron chi connectivity index (χ0n) is 4.97. The second-order valence-corrected chi connectivity index (χ2v) is 5.02. The Labute approximate surface area is 62.7 Å². The van der Waals surface area contributed by atoms with Gasteiger partial charge >= 0.3 is 0 Å². The highest BCUT2D eigenvalue weighted by Crippen LogP contribution is 2.44. The average Bonchev–Trinajstić information content (AvgIpc) is 1.79. The molecule has 1 rings (SSSR count). The number of amides is 1. The summed E-state index contributed by atoms with van der Waals surface area (Å²) in [6, 6.07) is -0.596. The third-order valence-electron chi connectivity index (χ3n) is 1.26. The van der Waals surface area contributed by atoms with E-state index in [1.165, 1.54) is 0 Å². The van der Waals surface area contributed by atoms with Crippen LogP contribution in [0.3, 0.4) is 0 Å². The van der Waals surface area contributed by atoms with Gasteiger partial charge in [0.25, 0.3) is 6.64 Å². The molecule has 0 saturated carbocycles. The fraction of sp³-hybridized carbons (Fsp3) is 0.667. The zero-order chi connectivity index (χ0) is 7.94. The number of nitrogens with two attached hydrogens (primary N) is 1. The quantitative estimate of drug-likeness (QED) is 0.334. The molecule has 1 saturated heterocycles. The second kappa shape index (κ2) is 2.25. The maximum atomic E-state index is 10.7. The van der Waals surface area contributed by atoms with Gasteiger partial charge in [0.1, 0.15) is 6.04 Å². The van der Waals surface area contributed by atoms with E-state index in [9.17, 15) is 4.79 Å². The Hall–Kier alpha value is -0.0000000000000000555.